The molecule has 2 amide bonds. The minimum atomic E-state index is -3.66. The first-order valence-corrected chi connectivity index (χ1v) is 22.0. The van der Waals surface area contributed by atoms with E-state index in [1.54, 1.807) is 38.1 Å². The molecule has 0 aromatic heterocycles. The van der Waals surface area contributed by atoms with Gasteiger partial charge in [0.1, 0.15) is 0 Å². The molecular formula is C35H52IN3O5S. The predicted octanol–water partition coefficient (Wildman–Crippen LogP) is 4.86. The normalized spacial score (nSPS) is 21.8. The van der Waals surface area contributed by atoms with E-state index < -0.39 is 52.5 Å². The third kappa shape index (κ3) is 10.2. The number of aliphatic hydroxyl groups is 1. The molecule has 2 heterocycles. The molecule has 4 rings (SSSR count). The van der Waals surface area contributed by atoms with Gasteiger partial charge in [-0.15, -0.1) is 0 Å². The molecule has 2 aliphatic rings. The van der Waals surface area contributed by atoms with E-state index in [1.165, 1.54) is 23.7 Å². The van der Waals surface area contributed by atoms with Crippen LogP contribution in [0.1, 0.15) is 77.8 Å². The number of carbonyl (C=O) groups is 2. The van der Waals surface area contributed by atoms with Gasteiger partial charge in [-0.2, -0.15) is 0 Å². The minimum Gasteiger partial charge on any atom is -0.0622 e. The molecule has 0 unspecified atom stereocenters. The molecule has 2 aromatic carbocycles. The summed E-state index contributed by atoms with van der Waals surface area (Å²) >= 11 is -1.31. The van der Waals surface area contributed by atoms with Crippen molar-refractivity contribution >= 4 is 41.5 Å². The van der Waals surface area contributed by atoms with E-state index >= 15 is 0 Å². The monoisotopic (exact) mass is 753 g/mol. The van der Waals surface area contributed by atoms with Crippen molar-refractivity contribution in [3.8, 4) is 0 Å². The van der Waals surface area contributed by atoms with Crippen molar-refractivity contribution in [2.75, 3.05) is 15.5 Å². The van der Waals surface area contributed by atoms with Crippen LogP contribution >= 0.6 is 19.8 Å². The number of β-amino-alcohol motifs (C(OH)–C–C–N with tert-alkyl or cyclic N) is 1. The van der Waals surface area contributed by atoms with Crippen molar-refractivity contribution < 1.29 is 23.1 Å². The average Bonchev–Trinajstić information content (AvgIpc) is 2.96. The standard InChI is InChI=1S/C35H52IN3O5S/c1-34(2,3)38-33(42)30-21-28-18-12-13-19-36(28)25-39(30)23-31(40)29(20-26-14-8-6-9-15-26)37-32(41)22-35(4,5)45(43,44)24-27-16-10-7-11-17-27/h6-11,14-17,28-31,40H,12-13,18-25H2,1-5H3,(H,37,41)(H,38,42)/t28-,29-,30-,31+/m0/s1. The van der Waals surface area contributed by atoms with E-state index in [2.05, 4.69) is 15.5 Å². The number of amides is 2. The number of rotatable bonds is 12. The quantitative estimate of drug-likeness (QED) is 0.162. The number of nitrogens with zero attached hydrogens (tertiary/aromatic N) is 1. The third-order valence-corrected chi connectivity index (χ3v) is 18.8. The minimum absolute atomic E-state index is 0.00446. The van der Waals surface area contributed by atoms with Gasteiger partial charge in [0.25, 0.3) is 0 Å². The van der Waals surface area contributed by atoms with Crippen LogP contribution in [0.2, 0.25) is 0 Å². The zero-order valence-electron chi connectivity index (χ0n) is 27.5. The number of benzene rings is 2. The number of halogens is 1. The first kappa shape index (κ1) is 35.8. The molecule has 45 heavy (non-hydrogen) atoms. The average molecular weight is 754 g/mol. The Hall–Kier alpha value is -2.02. The Morgan fingerprint density at radius 2 is 1.60 bits per heavy atom. The number of hydrogen-bond donors (Lipinski definition) is 3. The number of sulfone groups is 1. The molecule has 2 fully saturated rings. The van der Waals surface area contributed by atoms with Crippen molar-refractivity contribution in [2.24, 2.45) is 0 Å². The second-order valence-electron chi connectivity index (χ2n) is 14.3. The van der Waals surface area contributed by atoms with Crippen LogP contribution in [-0.2, 0) is 31.6 Å². The third-order valence-electron chi connectivity index (χ3n) is 8.77. The Balaban J connectivity index is 1.51. The van der Waals surface area contributed by atoms with E-state index in [-0.39, 0.29) is 36.2 Å². The summed E-state index contributed by atoms with van der Waals surface area (Å²) in [7, 11) is -3.66. The molecule has 8 nitrogen and oxygen atoms in total. The van der Waals surface area contributed by atoms with Crippen LogP contribution in [0.4, 0.5) is 0 Å². The van der Waals surface area contributed by atoms with E-state index in [1.807, 2.05) is 57.2 Å². The zero-order chi connectivity index (χ0) is 32.8. The van der Waals surface area contributed by atoms with Gasteiger partial charge >= 0.3 is 248 Å². The van der Waals surface area contributed by atoms with E-state index in [0.717, 1.165) is 16.5 Å². The predicted molar refractivity (Wildman–Crippen MR) is 190 cm³/mol. The molecule has 0 bridgehead atoms. The van der Waals surface area contributed by atoms with Gasteiger partial charge in [-0.1, -0.05) is 30.3 Å². The smallest absolute Gasteiger partial charge is 0.0622 e. The fourth-order valence-corrected chi connectivity index (χ4v) is 15.3. The summed E-state index contributed by atoms with van der Waals surface area (Å²) in [4.78, 5) is 29.3. The molecular weight excluding hydrogens is 701 g/mol. The van der Waals surface area contributed by atoms with E-state index in [4.69, 9.17) is 0 Å². The second kappa shape index (κ2) is 15.3. The fraction of sp³-hybridized carbons (Fsp3) is 0.600. The van der Waals surface area contributed by atoms with Crippen LogP contribution in [-0.4, -0.2) is 78.2 Å². The number of nitrogens with one attached hydrogen (secondary N) is 2. The summed E-state index contributed by atoms with van der Waals surface area (Å²) in [6.07, 6.45) is 3.75. The van der Waals surface area contributed by atoms with Crippen LogP contribution < -0.4 is 10.6 Å². The number of alkyl halides is 3. The van der Waals surface area contributed by atoms with Crippen LogP contribution in [0, 0.1) is 0 Å². The zero-order valence-corrected chi connectivity index (χ0v) is 30.4. The molecule has 250 valence electrons. The van der Waals surface area contributed by atoms with Gasteiger partial charge < -0.3 is 0 Å². The number of fused-ring (bicyclic) bond motifs is 1. The van der Waals surface area contributed by atoms with Crippen LogP contribution in [0.5, 0.6) is 0 Å². The SMILES string of the molecule is CC(C)(C)NC(=O)[C@@H]1C[C@@H]2CCCCI2CN1C[C@@H](O)[C@H](Cc1ccccc1)NC(=O)CC(C)(C)S(=O)(=O)Cc1ccccc1. The Morgan fingerprint density at radius 1 is 0.978 bits per heavy atom. The van der Waals surface area contributed by atoms with Gasteiger partial charge in [0.2, 0.25) is 0 Å². The van der Waals surface area contributed by atoms with E-state index in [9.17, 15) is 23.1 Å². The van der Waals surface area contributed by atoms with Crippen LogP contribution in [0.15, 0.2) is 60.7 Å². The van der Waals surface area contributed by atoms with Gasteiger partial charge in [-0.25, -0.2) is 0 Å². The Labute approximate surface area is 277 Å². The summed E-state index contributed by atoms with van der Waals surface area (Å²) in [5, 5.41) is 18.0. The number of carbonyl (C=O) groups excluding carboxylic acids is 2. The molecule has 0 saturated carbocycles. The molecule has 10 heteroatoms. The maximum absolute atomic E-state index is 13.6. The molecule has 4 atom stereocenters. The topological polar surface area (TPSA) is 116 Å². The van der Waals surface area contributed by atoms with Crippen molar-refractivity contribution in [2.45, 2.75) is 111 Å². The summed E-state index contributed by atoms with van der Waals surface area (Å²) in [5.74, 6) is -0.561. The van der Waals surface area contributed by atoms with Crippen molar-refractivity contribution in [1.29, 1.82) is 0 Å². The second-order valence-corrected chi connectivity index (χ2v) is 23.3. The maximum atomic E-state index is 13.6. The molecule has 0 spiro atoms. The Morgan fingerprint density at radius 3 is 2.22 bits per heavy atom. The summed E-state index contributed by atoms with van der Waals surface area (Å²) in [5.41, 5.74) is 1.28. The number of hydrogen-bond acceptors (Lipinski definition) is 6. The molecule has 0 aliphatic carbocycles. The van der Waals surface area contributed by atoms with Gasteiger partial charge in [0.05, 0.1) is 0 Å². The summed E-state index contributed by atoms with van der Waals surface area (Å²) in [6, 6.07) is 17.7. The van der Waals surface area contributed by atoms with Crippen molar-refractivity contribution in [1.82, 2.24) is 15.5 Å². The first-order chi connectivity index (χ1) is 21.1. The summed E-state index contributed by atoms with van der Waals surface area (Å²) in [6.45, 7) is 9.41. The fourth-order valence-electron chi connectivity index (χ4n) is 6.18. The number of aliphatic hydroxyl groups excluding tert-OH is 1. The molecule has 2 aromatic rings. The van der Waals surface area contributed by atoms with Crippen LogP contribution in [0.3, 0.4) is 0 Å². The first-order valence-electron chi connectivity index (χ1n) is 16.1. The Bertz CT molecular complexity index is 1380. The van der Waals surface area contributed by atoms with E-state index in [0.29, 0.717) is 15.9 Å². The molecule has 3 N–H and O–H groups in total. The van der Waals surface area contributed by atoms with Gasteiger partial charge in [0, 0.05) is 0 Å². The molecule has 0 radical (unpaired) electrons. The molecule has 2 aliphatic heterocycles. The van der Waals surface area contributed by atoms with Gasteiger partial charge in [-0.3, -0.25) is 0 Å². The van der Waals surface area contributed by atoms with Crippen LogP contribution in [0.25, 0.3) is 0 Å². The van der Waals surface area contributed by atoms with Gasteiger partial charge in [-0.05, 0) is 0 Å². The van der Waals surface area contributed by atoms with Crippen molar-refractivity contribution in [3.63, 3.8) is 0 Å². The Kier molecular flexibility index (Phi) is 12.1. The van der Waals surface area contributed by atoms with Crippen molar-refractivity contribution in [3.05, 3.63) is 71.8 Å². The van der Waals surface area contributed by atoms with Gasteiger partial charge in [0.15, 0.2) is 0 Å². The molecule has 2 saturated heterocycles. The summed E-state index contributed by atoms with van der Waals surface area (Å²) < 4.78 is 28.3.